The first kappa shape index (κ1) is 27.1. The molecule has 0 radical (unpaired) electrons. The SMILES string of the molecule is CCc1nnnn1-c1cc(Nc2ncc(C(N)=O)c(NC3CC(C)(C)NC(C)(C)C3)n2)ccc1OC(F)F. The number of nitrogens with one attached hydrogen (secondary N) is 3. The maximum Gasteiger partial charge on any atom is 0.387 e. The molecular weight excluding hydrogens is 498 g/mol. The monoisotopic (exact) mass is 530 g/mol. The van der Waals surface area contributed by atoms with Crippen LogP contribution in [-0.2, 0) is 6.42 Å². The Morgan fingerprint density at radius 1 is 1.26 bits per heavy atom. The summed E-state index contributed by atoms with van der Waals surface area (Å²) in [4.78, 5) is 20.9. The molecule has 0 bridgehead atoms. The van der Waals surface area contributed by atoms with Crippen molar-refractivity contribution in [2.75, 3.05) is 10.6 Å². The number of nitrogens with two attached hydrogens (primary N) is 1. The molecule has 38 heavy (non-hydrogen) atoms. The molecule has 1 amide bonds. The molecule has 5 N–H and O–H groups in total. The first-order chi connectivity index (χ1) is 17.9. The maximum absolute atomic E-state index is 13.0. The van der Waals surface area contributed by atoms with Crippen molar-refractivity contribution in [1.29, 1.82) is 0 Å². The van der Waals surface area contributed by atoms with Gasteiger partial charge in [-0.05, 0) is 69.2 Å². The fourth-order valence-corrected chi connectivity index (χ4v) is 5.05. The number of aryl methyl sites for hydroxylation is 1. The van der Waals surface area contributed by atoms with Crippen LogP contribution in [0.1, 0.15) is 63.6 Å². The molecule has 1 aliphatic rings. The van der Waals surface area contributed by atoms with Crippen molar-refractivity contribution in [3.05, 3.63) is 35.8 Å². The van der Waals surface area contributed by atoms with E-state index in [1.807, 2.05) is 6.92 Å². The molecule has 2 aromatic heterocycles. The van der Waals surface area contributed by atoms with Crippen molar-refractivity contribution < 1.29 is 18.3 Å². The number of aromatic nitrogens is 6. The van der Waals surface area contributed by atoms with Crippen molar-refractivity contribution in [3.8, 4) is 11.4 Å². The van der Waals surface area contributed by atoms with Gasteiger partial charge in [-0.1, -0.05) is 6.92 Å². The number of amides is 1. The van der Waals surface area contributed by atoms with Gasteiger partial charge in [0, 0.05) is 35.4 Å². The van der Waals surface area contributed by atoms with E-state index in [0.717, 1.165) is 12.8 Å². The van der Waals surface area contributed by atoms with Crippen molar-refractivity contribution in [1.82, 2.24) is 35.5 Å². The van der Waals surface area contributed by atoms with Crippen LogP contribution in [0.3, 0.4) is 0 Å². The van der Waals surface area contributed by atoms with Gasteiger partial charge >= 0.3 is 6.61 Å². The fraction of sp³-hybridized carbons (Fsp3) is 0.500. The number of nitrogens with zero attached hydrogens (tertiary/aromatic N) is 6. The summed E-state index contributed by atoms with van der Waals surface area (Å²) < 4.78 is 32.1. The second-order valence-corrected chi connectivity index (χ2v) is 10.5. The number of anilines is 3. The fourth-order valence-electron chi connectivity index (χ4n) is 5.05. The first-order valence-electron chi connectivity index (χ1n) is 12.2. The molecule has 12 nitrogen and oxygen atoms in total. The summed E-state index contributed by atoms with van der Waals surface area (Å²) in [5, 5.41) is 21.5. The van der Waals surface area contributed by atoms with Gasteiger partial charge in [-0.3, -0.25) is 4.79 Å². The topological polar surface area (TPSA) is 158 Å². The smallest absolute Gasteiger partial charge is 0.387 e. The summed E-state index contributed by atoms with van der Waals surface area (Å²) in [6, 6.07) is 4.48. The van der Waals surface area contributed by atoms with Crippen LogP contribution in [0.15, 0.2) is 24.4 Å². The lowest BCUT2D eigenvalue weighted by atomic mass is 9.79. The third kappa shape index (κ3) is 6.30. The standard InChI is InChI=1S/C24H32F2N10O2/c1-6-18-32-34-35-36(18)16-9-13(7-8-17(16)38-21(25)26)30-22-28-12-15(19(27)37)20(31-22)29-14-10-23(2,3)33-24(4,5)11-14/h7-9,12,14,21,33H,6,10-11H2,1-5H3,(H2,27,37)(H2,28,29,30,31). The van der Waals surface area contributed by atoms with Crippen LogP contribution in [-0.4, -0.2) is 59.8 Å². The number of hydrogen-bond acceptors (Lipinski definition) is 10. The minimum Gasteiger partial charge on any atom is -0.433 e. The van der Waals surface area contributed by atoms with Crippen molar-refractivity contribution in [2.45, 2.75) is 77.6 Å². The number of carbonyl (C=O) groups excluding carboxylic acids is 1. The van der Waals surface area contributed by atoms with Gasteiger partial charge in [0.1, 0.15) is 11.5 Å². The zero-order valence-corrected chi connectivity index (χ0v) is 21.9. The Balaban J connectivity index is 1.65. The molecule has 0 aliphatic carbocycles. The average Bonchev–Trinajstić information content (AvgIpc) is 3.26. The Morgan fingerprint density at radius 3 is 2.61 bits per heavy atom. The quantitative estimate of drug-likeness (QED) is 0.324. The average molecular weight is 531 g/mol. The minimum atomic E-state index is -3.03. The molecule has 1 fully saturated rings. The van der Waals surface area contributed by atoms with Crippen LogP contribution >= 0.6 is 0 Å². The van der Waals surface area contributed by atoms with Gasteiger partial charge < -0.3 is 26.4 Å². The molecule has 3 heterocycles. The Labute approximate surface area is 218 Å². The minimum absolute atomic E-state index is 0.0202. The molecule has 204 valence electrons. The van der Waals surface area contributed by atoms with Gasteiger partial charge in [0.05, 0.1) is 5.56 Å². The predicted octanol–water partition coefficient (Wildman–Crippen LogP) is 3.18. The number of benzene rings is 1. The molecule has 1 saturated heterocycles. The molecule has 0 spiro atoms. The first-order valence-corrected chi connectivity index (χ1v) is 12.2. The number of primary amides is 1. The maximum atomic E-state index is 13.0. The summed E-state index contributed by atoms with van der Waals surface area (Å²) in [5.74, 6) is 0.178. The third-order valence-corrected chi connectivity index (χ3v) is 6.09. The molecule has 3 aromatic rings. The molecule has 1 aromatic carbocycles. The van der Waals surface area contributed by atoms with Gasteiger partial charge in [0.15, 0.2) is 11.6 Å². The number of alkyl halides is 2. The lowest BCUT2D eigenvalue weighted by molar-refractivity contribution is -0.0499. The van der Waals surface area contributed by atoms with Gasteiger partial charge in [-0.2, -0.15) is 18.4 Å². The molecular formula is C24H32F2N10O2. The van der Waals surface area contributed by atoms with Gasteiger partial charge in [0.2, 0.25) is 5.95 Å². The predicted molar refractivity (Wildman–Crippen MR) is 137 cm³/mol. The molecule has 0 saturated carbocycles. The third-order valence-electron chi connectivity index (χ3n) is 6.09. The van der Waals surface area contributed by atoms with E-state index in [9.17, 15) is 13.6 Å². The van der Waals surface area contributed by atoms with Crippen LogP contribution < -0.4 is 26.4 Å². The lowest BCUT2D eigenvalue weighted by Crippen LogP contribution is -2.60. The van der Waals surface area contributed by atoms with E-state index in [1.54, 1.807) is 6.07 Å². The molecule has 1 aliphatic heterocycles. The number of halogens is 2. The number of tetrazole rings is 1. The van der Waals surface area contributed by atoms with E-state index in [1.165, 1.54) is 23.0 Å². The Morgan fingerprint density at radius 2 is 1.97 bits per heavy atom. The van der Waals surface area contributed by atoms with E-state index >= 15 is 0 Å². The second-order valence-electron chi connectivity index (χ2n) is 10.5. The van der Waals surface area contributed by atoms with Crippen LogP contribution in [0.5, 0.6) is 5.75 Å². The zero-order chi connectivity index (χ0) is 27.7. The number of piperidine rings is 1. The van der Waals surface area contributed by atoms with E-state index in [4.69, 9.17) is 5.73 Å². The van der Waals surface area contributed by atoms with Crippen molar-refractivity contribution in [3.63, 3.8) is 0 Å². The largest absolute Gasteiger partial charge is 0.433 e. The summed E-state index contributed by atoms with van der Waals surface area (Å²) in [6.07, 6.45) is 3.41. The molecule has 14 heteroatoms. The highest BCUT2D eigenvalue weighted by Crippen LogP contribution is 2.32. The summed E-state index contributed by atoms with van der Waals surface area (Å²) in [5.41, 5.74) is 6.16. The summed E-state index contributed by atoms with van der Waals surface area (Å²) in [7, 11) is 0. The van der Waals surface area contributed by atoms with Crippen LogP contribution in [0.2, 0.25) is 0 Å². The number of hydrogen-bond donors (Lipinski definition) is 4. The highest BCUT2D eigenvalue weighted by Gasteiger charge is 2.38. The number of ether oxygens (including phenoxy) is 1. The van der Waals surface area contributed by atoms with E-state index in [-0.39, 0.29) is 40.1 Å². The zero-order valence-electron chi connectivity index (χ0n) is 21.9. The van der Waals surface area contributed by atoms with E-state index < -0.39 is 12.5 Å². The Kier molecular flexibility index (Phi) is 7.44. The van der Waals surface area contributed by atoms with Crippen LogP contribution in [0.4, 0.5) is 26.2 Å². The number of carbonyl (C=O) groups is 1. The molecule has 4 rings (SSSR count). The van der Waals surface area contributed by atoms with Crippen molar-refractivity contribution in [2.24, 2.45) is 5.73 Å². The highest BCUT2D eigenvalue weighted by molar-refractivity contribution is 5.97. The van der Waals surface area contributed by atoms with Gasteiger partial charge in [-0.15, -0.1) is 5.10 Å². The second kappa shape index (κ2) is 10.4. The molecule has 0 unspecified atom stereocenters. The van der Waals surface area contributed by atoms with E-state index in [2.05, 4.69) is 73.9 Å². The number of rotatable bonds is 9. The van der Waals surface area contributed by atoms with E-state index in [0.29, 0.717) is 23.8 Å². The summed E-state index contributed by atoms with van der Waals surface area (Å²) in [6.45, 7) is 7.30. The molecule has 0 atom stereocenters. The Hall–Kier alpha value is -3.94. The Bertz CT molecular complexity index is 1300. The normalized spacial score (nSPS) is 16.8. The van der Waals surface area contributed by atoms with Gasteiger partial charge in [-0.25, -0.2) is 4.98 Å². The van der Waals surface area contributed by atoms with Crippen LogP contribution in [0.25, 0.3) is 5.69 Å². The van der Waals surface area contributed by atoms with Crippen molar-refractivity contribution >= 4 is 23.4 Å². The summed E-state index contributed by atoms with van der Waals surface area (Å²) >= 11 is 0. The van der Waals surface area contributed by atoms with Crippen LogP contribution in [0, 0.1) is 0 Å². The van der Waals surface area contributed by atoms with Gasteiger partial charge in [0.25, 0.3) is 5.91 Å². The highest BCUT2D eigenvalue weighted by atomic mass is 19.3. The lowest BCUT2D eigenvalue weighted by Gasteiger charge is -2.46.